The molecule has 0 atom stereocenters. The molecule has 0 aliphatic heterocycles. The van der Waals surface area contributed by atoms with Gasteiger partial charge in [-0.25, -0.2) is 0 Å². The normalized spacial score (nSPS) is 11.9. The second-order valence-electron chi connectivity index (χ2n) is 7.13. The Hall–Kier alpha value is -2.76. The van der Waals surface area contributed by atoms with Crippen LogP contribution in [-0.2, 0) is 6.42 Å². The van der Waals surface area contributed by atoms with Crippen molar-refractivity contribution in [3.8, 4) is 0 Å². The summed E-state index contributed by atoms with van der Waals surface area (Å²) in [5, 5.41) is 4.23. The van der Waals surface area contributed by atoms with Gasteiger partial charge in [-0.3, -0.25) is 0 Å². The maximum atomic E-state index is 13.4. The van der Waals surface area contributed by atoms with E-state index in [0.29, 0.717) is 0 Å². The fourth-order valence-electron chi connectivity index (χ4n) is 4.08. The summed E-state index contributed by atoms with van der Waals surface area (Å²) in [6, 6.07) is 39.7. The van der Waals surface area contributed by atoms with Crippen LogP contribution in [0.3, 0.4) is 0 Å². The molecule has 0 saturated heterocycles. The van der Waals surface area contributed by atoms with Crippen LogP contribution in [0.25, 0.3) is 0 Å². The van der Waals surface area contributed by atoms with Gasteiger partial charge in [0.25, 0.3) is 0 Å². The predicted molar refractivity (Wildman–Crippen MR) is 122 cm³/mol. The summed E-state index contributed by atoms with van der Waals surface area (Å²) < 4.78 is 13.4. The minimum absolute atomic E-state index is 0.179. The van der Waals surface area contributed by atoms with Crippen molar-refractivity contribution >= 4 is 23.2 Å². The van der Waals surface area contributed by atoms with Crippen molar-refractivity contribution in [3.63, 3.8) is 0 Å². The summed E-state index contributed by atoms with van der Waals surface area (Å²) >= 11 is 0. The fourth-order valence-corrected chi connectivity index (χ4v) is 8.90. The minimum atomic E-state index is -2.21. The van der Waals surface area contributed by atoms with Crippen LogP contribution in [0.15, 0.2) is 115 Å². The summed E-state index contributed by atoms with van der Waals surface area (Å²) in [6.07, 6.45) is 1.96. The third-order valence-corrected chi connectivity index (χ3v) is 10.5. The molecule has 0 unspecified atom stereocenters. The zero-order valence-electron chi connectivity index (χ0n) is 15.8. The Morgan fingerprint density at radius 1 is 0.500 bits per heavy atom. The molecule has 0 fully saturated rings. The van der Waals surface area contributed by atoms with Gasteiger partial charge in [0.2, 0.25) is 0 Å². The van der Waals surface area contributed by atoms with Gasteiger partial charge in [-0.05, 0) is 0 Å². The van der Waals surface area contributed by atoms with Gasteiger partial charge in [0, 0.05) is 0 Å². The third kappa shape index (κ3) is 3.77. The SMILES string of the molecule is Fc1ccc(CC[PH](c2ccccc2)(c2ccccc2)c2ccccc2)cc1. The van der Waals surface area contributed by atoms with Gasteiger partial charge in [-0.1, -0.05) is 0 Å². The molecule has 4 aromatic carbocycles. The molecular weight excluding hydrogens is 362 g/mol. The van der Waals surface area contributed by atoms with E-state index < -0.39 is 7.26 Å². The van der Waals surface area contributed by atoms with Gasteiger partial charge >= 0.3 is 167 Å². The molecule has 2 heteroatoms. The molecule has 0 saturated carbocycles. The zero-order chi connectivity index (χ0) is 19.2. The number of hydrogen-bond donors (Lipinski definition) is 0. The van der Waals surface area contributed by atoms with Crippen molar-refractivity contribution in [1.82, 2.24) is 0 Å². The van der Waals surface area contributed by atoms with E-state index in [1.807, 2.05) is 12.1 Å². The summed E-state index contributed by atoms with van der Waals surface area (Å²) in [6.45, 7) is 0. The second kappa shape index (κ2) is 8.50. The van der Waals surface area contributed by atoms with Crippen molar-refractivity contribution in [3.05, 3.63) is 127 Å². The van der Waals surface area contributed by atoms with Crippen LogP contribution in [0.5, 0.6) is 0 Å². The van der Waals surface area contributed by atoms with Gasteiger partial charge in [0.15, 0.2) is 0 Å². The molecule has 0 N–H and O–H groups in total. The van der Waals surface area contributed by atoms with Crippen LogP contribution in [0.4, 0.5) is 4.39 Å². The van der Waals surface area contributed by atoms with E-state index >= 15 is 0 Å². The van der Waals surface area contributed by atoms with Gasteiger partial charge < -0.3 is 0 Å². The molecule has 0 radical (unpaired) electrons. The number of halogens is 1. The zero-order valence-corrected chi connectivity index (χ0v) is 16.8. The topological polar surface area (TPSA) is 0 Å². The van der Waals surface area contributed by atoms with E-state index in [2.05, 4.69) is 91.0 Å². The van der Waals surface area contributed by atoms with Gasteiger partial charge in [-0.15, -0.1) is 0 Å². The van der Waals surface area contributed by atoms with Crippen molar-refractivity contribution < 1.29 is 4.39 Å². The standard InChI is InChI=1S/C26H24FP/c27-23-18-16-22(17-19-23)20-21-28(24-10-4-1-5-11-24,25-12-6-2-7-13-25)26-14-8-3-9-15-26/h1-19,28H,20-21H2. The van der Waals surface area contributed by atoms with Crippen LogP contribution in [-0.4, -0.2) is 6.16 Å². The van der Waals surface area contributed by atoms with E-state index in [1.54, 1.807) is 12.1 Å². The Kier molecular flexibility index (Phi) is 5.65. The third-order valence-electron chi connectivity index (χ3n) is 5.50. The first-order valence-corrected chi connectivity index (χ1v) is 11.9. The first kappa shape index (κ1) is 18.6. The average molecular weight is 386 g/mol. The van der Waals surface area contributed by atoms with Crippen molar-refractivity contribution in [1.29, 1.82) is 0 Å². The van der Waals surface area contributed by atoms with E-state index in [4.69, 9.17) is 0 Å². The molecule has 0 nitrogen and oxygen atoms in total. The Balaban J connectivity index is 1.86. The van der Waals surface area contributed by atoms with Crippen molar-refractivity contribution in [2.24, 2.45) is 0 Å². The van der Waals surface area contributed by atoms with Crippen LogP contribution < -0.4 is 15.9 Å². The number of hydrogen-bond acceptors (Lipinski definition) is 0. The molecule has 0 amide bonds. The average Bonchev–Trinajstić information content (AvgIpc) is 2.78. The van der Waals surface area contributed by atoms with E-state index in [9.17, 15) is 4.39 Å². The predicted octanol–water partition coefficient (Wildman–Crippen LogP) is 5.09. The van der Waals surface area contributed by atoms with Crippen molar-refractivity contribution in [2.45, 2.75) is 6.42 Å². The molecular formula is C26H24FP. The monoisotopic (exact) mass is 386 g/mol. The maximum absolute atomic E-state index is 13.4. The molecule has 0 aromatic heterocycles. The first-order chi connectivity index (χ1) is 13.8. The summed E-state index contributed by atoms with van der Waals surface area (Å²) in [4.78, 5) is 0. The molecule has 0 heterocycles. The van der Waals surface area contributed by atoms with Crippen LogP contribution in [0, 0.1) is 5.82 Å². The molecule has 0 aliphatic carbocycles. The number of rotatable bonds is 6. The quantitative estimate of drug-likeness (QED) is 0.405. The molecule has 0 bridgehead atoms. The second-order valence-corrected chi connectivity index (χ2v) is 11.2. The van der Waals surface area contributed by atoms with Crippen LogP contribution >= 0.6 is 7.26 Å². The van der Waals surface area contributed by atoms with Gasteiger partial charge in [0.1, 0.15) is 0 Å². The summed E-state index contributed by atoms with van der Waals surface area (Å²) in [7, 11) is -2.21. The molecule has 0 aliphatic rings. The van der Waals surface area contributed by atoms with Gasteiger partial charge in [0.05, 0.1) is 0 Å². The fraction of sp³-hybridized carbons (Fsp3) is 0.0769. The molecule has 140 valence electrons. The Labute approximate surface area is 167 Å². The van der Waals surface area contributed by atoms with Crippen LogP contribution in [0.1, 0.15) is 5.56 Å². The molecule has 28 heavy (non-hydrogen) atoms. The molecule has 4 aromatic rings. The number of aryl methyl sites for hydroxylation is 1. The Morgan fingerprint density at radius 3 is 1.29 bits per heavy atom. The van der Waals surface area contributed by atoms with E-state index in [0.717, 1.165) is 12.6 Å². The van der Waals surface area contributed by atoms with E-state index in [-0.39, 0.29) is 5.82 Å². The Morgan fingerprint density at radius 2 is 0.893 bits per heavy atom. The summed E-state index contributed by atoms with van der Waals surface area (Å²) in [5.41, 5.74) is 1.18. The first-order valence-electron chi connectivity index (χ1n) is 9.70. The van der Waals surface area contributed by atoms with Crippen molar-refractivity contribution in [2.75, 3.05) is 6.16 Å². The molecule has 0 spiro atoms. The van der Waals surface area contributed by atoms with Gasteiger partial charge in [-0.2, -0.15) is 0 Å². The van der Waals surface area contributed by atoms with E-state index in [1.165, 1.54) is 21.5 Å². The van der Waals surface area contributed by atoms with Crippen LogP contribution in [0.2, 0.25) is 0 Å². The molecule has 4 rings (SSSR count). The Bertz CT molecular complexity index is 900. The number of benzene rings is 4. The summed E-state index contributed by atoms with van der Waals surface area (Å²) in [5.74, 6) is -0.179.